The molecule has 2 rings (SSSR count). The Morgan fingerprint density at radius 1 is 1.43 bits per heavy atom. The van der Waals surface area contributed by atoms with Crippen molar-refractivity contribution in [3.05, 3.63) is 40.2 Å². The highest BCUT2D eigenvalue weighted by atomic mass is 32.2. The zero-order chi connectivity index (χ0) is 15.5. The van der Waals surface area contributed by atoms with E-state index in [-0.39, 0.29) is 10.7 Å². The van der Waals surface area contributed by atoms with Crippen molar-refractivity contribution >= 4 is 21.7 Å². The summed E-state index contributed by atoms with van der Waals surface area (Å²) in [5.74, 6) is -0.254. The fourth-order valence-corrected chi connectivity index (χ4v) is 2.58. The van der Waals surface area contributed by atoms with Crippen LogP contribution in [0.5, 0.6) is 0 Å². The van der Waals surface area contributed by atoms with Crippen LogP contribution in [0, 0.1) is 10.1 Å². The molecule has 0 radical (unpaired) electrons. The first-order valence-corrected chi connectivity index (χ1v) is 7.58. The van der Waals surface area contributed by atoms with Crippen LogP contribution < -0.4 is 4.72 Å². The minimum Gasteiger partial charge on any atom is -0.358 e. The fourth-order valence-electron chi connectivity index (χ4n) is 1.65. The largest absolute Gasteiger partial charge is 0.363 e. The summed E-state index contributed by atoms with van der Waals surface area (Å²) in [6.45, 7) is 1.99. The highest BCUT2D eigenvalue weighted by Crippen LogP contribution is 2.16. The number of rotatable bonds is 6. The number of nitrogens with one attached hydrogen (secondary N) is 2. The molecule has 2 aromatic heterocycles. The van der Waals surface area contributed by atoms with E-state index in [0.717, 1.165) is 36.9 Å². The van der Waals surface area contributed by atoms with E-state index in [1.165, 1.54) is 0 Å². The Hall–Kier alpha value is -2.49. The van der Waals surface area contributed by atoms with Gasteiger partial charge in [-0.2, -0.15) is 5.10 Å². The van der Waals surface area contributed by atoms with Crippen molar-refractivity contribution in [2.45, 2.75) is 24.7 Å². The fraction of sp³-hybridized carbons (Fsp3) is 0.273. The number of hydrogen-bond acceptors (Lipinski definition) is 6. The molecule has 0 spiro atoms. The van der Waals surface area contributed by atoms with E-state index >= 15 is 0 Å². The highest BCUT2D eigenvalue weighted by molar-refractivity contribution is 7.92. The van der Waals surface area contributed by atoms with Gasteiger partial charge in [-0.1, -0.05) is 13.3 Å². The second-order valence-electron chi connectivity index (χ2n) is 4.24. The predicted molar refractivity (Wildman–Crippen MR) is 74.3 cm³/mol. The number of sulfonamides is 1. The third-order valence-electron chi connectivity index (χ3n) is 2.61. The number of hydrogen-bond donors (Lipinski definition) is 2. The summed E-state index contributed by atoms with van der Waals surface area (Å²) in [6, 6.07) is 3.74. The van der Waals surface area contributed by atoms with E-state index in [4.69, 9.17) is 0 Å². The monoisotopic (exact) mass is 311 g/mol. The van der Waals surface area contributed by atoms with Gasteiger partial charge in [0.05, 0.1) is 0 Å². The Bertz CT molecular complexity index is 738. The molecular formula is C11H13N5O4S. The number of nitro groups is 1. The summed E-state index contributed by atoms with van der Waals surface area (Å²) < 4.78 is 26.4. The third kappa shape index (κ3) is 3.54. The van der Waals surface area contributed by atoms with Crippen molar-refractivity contribution in [2.24, 2.45) is 0 Å². The lowest BCUT2D eigenvalue weighted by Crippen LogP contribution is -2.13. The van der Waals surface area contributed by atoms with Gasteiger partial charge < -0.3 is 10.1 Å². The topological polar surface area (TPSA) is 131 Å². The normalized spacial score (nSPS) is 11.3. The minimum absolute atomic E-state index is 0.164. The molecule has 2 N–H and O–H groups in total. The molecule has 0 bridgehead atoms. The number of nitrogens with zero attached hydrogens (tertiary/aromatic N) is 3. The number of pyridine rings is 1. The maximum absolute atomic E-state index is 12.1. The van der Waals surface area contributed by atoms with Crippen molar-refractivity contribution in [1.29, 1.82) is 0 Å². The zero-order valence-corrected chi connectivity index (χ0v) is 11.9. The third-order valence-corrected chi connectivity index (χ3v) is 3.95. The number of anilines is 1. The van der Waals surface area contributed by atoms with E-state index in [0.29, 0.717) is 0 Å². The molecule has 112 valence electrons. The van der Waals surface area contributed by atoms with Crippen LogP contribution in [0.25, 0.3) is 0 Å². The average Bonchev–Trinajstić information content (AvgIpc) is 2.86. The molecule has 0 amide bonds. The molecule has 21 heavy (non-hydrogen) atoms. The summed E-state index contributed by atoms with van der Waals surface area (Å²) in [4.78, 5) is 13.1. The van der Waals surface area contributed by atoms with Crippen LogP contribution in [-0.2, 0) is 16.4 Å². The standard InChI is InChI=1S/C11H13N5O4S/c1-2-3-8-6-10(14-13-8)15-21(19,20)9-4-5-11(12-7-9)16(17)18/h4-7H,2-3H2,1H3,(H2,13,14,15). The molecular weight excluding hydrogens is 298 g/mol. The summed E-state index contributed by atoms with van der Waals surface area (Å²) >= 11 is 0. The molecule has 10 heteroatoms. The zero-order valence-electron chi connectivity index (χ0n) is 11.1. The molecule has 0 aliphatic heterocycles. The van der Waals surface area contributed by atoms with E-state index in [9.17, 15) is 18.5 Å². The van der Waals surface area contributed by atoms with Gasteiger partial charge in [0, 0.05) is 17.8 Å². The molecule has 0 saturated carbocycles. The van der Waals surface area contributed by atoms with Gasteiger partial charge in [0.2, 0.25) is 0 Å². The summed E-state index contributed by atoms with van der Waals surface area (Å²) in [5.41, 5.74) is 0.817. The Balaban J connectivity index is 2.18. The van der Waals surface area contributed by atoms with Crippen molar-refractivity contribution in [1.82, 2.24) is 15.2 Å². The molecule has 0 atom stereocenters. The molecule has 0 fully saturated rings. The van der Waals surface area contributed by atoms with Gasteiger partial charge in [-0.25, -0.2) is 8.42 Å². The highest BCUT2D eigenvalue weighted by Gasteiger charge is 2.19. The molecule has 0 aliphatic carbocycles. The summed E-state index contributed by atoms with van der Waals surface area (Å²) in [7, 11) is -3.88. The number of aromatic nitrogens is 3. The van der Waals surface area contributed by atoms with E-state index in [2.05, 4.69) is 19.9 Å². The van der Waals surface area contributed by atoms with E-state index in [1.807, 2.05) is 6.92 Å². The minimum atomic E-state index is -3.88. The smallest absolute Gasteiger partial charge is 0.358 e. The number of H-pyrrole nitrogens is 1. The maximum atomic E-state index is 12.1. The Kier molecular flexibility index (Phi) is 4.17. The molecule has 0 unspecified atom stereocenters. The molecule has 0 aromatic carbocycles. The Labute approximate surface area is 120 Å². The van der Waals surface area contributed by atoms with Crippen LogP contribution in [0.3, 0.4) is 0 Å². The SMILES string of the molecule is CCCc1cc(NS(=O)(=O)c2ccc([N+](=O)[O-])nc2)n[nH]1. The Morgan fingerprint density at radius 3 is 2.76 bits per heavy atom. The molecule has 2 heterocycles. The first-order chi connectivity index (χ1) is 9.92. The summed E-state index contributed by atoms with van der Waals surface area (Å²) in [6.07, 6.45) is 2.59. The van der Waals surface area contributed by atoms with Crippen molar-refractivity contribution in [3.63, 3.8) is 0 Å². The lowest BCUT2D eigenvalue weighted by atomic mass is 10.2. The van der Waals surface area contributed by atoms with Crippen LogP contribution in [0.2, 0.25) is 0 Å². The first kappa shape index (κ1) is 14.9. The lowest BCUT2D eigenvalue weighted by Gasteiger charge is -2.03. The van der Waals surface area contributed by atoms with Crippen LogP contribution in [0.4, 0.5) is 11.6 Å². The quantitative estimate of drug-likeness (QED) is 0.613. The summed E-state index contributed by atoms with van der Waals surface area (Å²) in [5, 5.41) is 17.1. The van der Waals surface area contributed by atoms with Crippen LogP contribution >= 0.6 is 0 Å². The van der Waals surface area contributed by atoms with Gasteiger partial charge in [0.15, 0.2) is 12.0 Å². The van der Waals surface area contributed by atoms with Crippen molar-refractivity contribution < 1.29 is 13.3 Å². The number of aryl methyl sites for hydroxylation is 1. The molecule has 2 aromatic rings. The molecule has 0 saturated heterocycles. The van der Waals surface area contributed by atoms with Crippen LogP contribution in [0.1, 0.15) is 19.0 Å². The van der Waals surface area contributed by atoms with E-state index in [1.54, 1.807) is 6.07 Å². The van der Waals surface area contributed by atoms with Crippen LogP contribution in [0.15, 0.2) is 29.3 Å². The van der Waals surface area contributed by atoms with Gasteiger partial charge in [-0.15, -0.1) is 0 Å². The second-order valence-corrected chi connectivity index (χ2v) is 5.93. The van der Waals surface area contributed by atoms with Gasteiger partial charge in [0.25, 0.3) is 10.0 Å². The second kappa shape index (κ2) is 5.87. The van der Waals surface area contributed by atoms with Gasteiger partial charge in [-0.3, -0.25) is 9.82 Å². The first-order valence-electron chi connectivity index (χ1n) is 6.10. The number of aromatic amines is 1. The Morgan fingerprint density at radius 2 is 2.19 bits per heavy atom. The van der Waals surface area contributed by atoms with Gasteiger partial charge in [-0.05, 0) is 22.4 Å². The van der Waals surface area contributed by atoms with E-state index < -0.39 is 20.8 Å². The molecule has 9 nitrogen and oxygen atoms in total. The maximum Gasteiger partial charge on any atom is 0.363 e. The predicted octanol–water partition coefficient (Wildman–Crippen LogP) is 1.47. The average molecular weight is 311 g/mol. The lowest BCUT2D eigenvalue weighted by molar-refractivity contribution is -0.389. The van der Waals surface area contributed by atoms with Crippen molar-refractivity contribution in [3.8, 4) is 0 Å². The van der Waals surface area contributed by atoms with Crippen molar-refractivity contribution in [2.75, 3.05) is 4.72 Å². The molecule has 0 aliphatic rings. The van der Waals surface area contributed by atoms with Gasteiger partial charge >= 0.3 is 5.82 Å². The van der Waals surface area contributed by atoms with Gasteiger partial charge in [0.1, 0.15) is 4.90 Å². The van der Waals surface area contributed by atoms with Crippen LogP contribution in [-0.4, -0.2) is 28.5 Å².